The van der Waals surface area contributed by atoms with E-state index in [1.165, 1.54) is 16.9 Å². The highest BCUT2D eigenvalue weighted by Gasteiger charge is 2.18. The molecule has 0 saturated heterocycles. The lowest BCUT2D eigenvalue weighted by Gasteiger charge is -2.05. The molecule has 2 heterocycles. The first-order valence-electron chi connectivity index (χ1n) is 8.44. The fourth-order valence-corrected chi connectivity index (χ4v) is 3.99. The number of imidazole rings is 1. The van der Waals surface area contributed by atoms with E-state index in [2.05, 4.69) is 31.2 Å². The zero-order valence-corrected chi connectivity index (χ0v) is 15.4. The van der Waals surface area contributed by atoms with Crippen molar-refractivity contribution in [3.05, 3.63) is 65.2 Å². The number of aromatic nitrogens is 2. The van der Waals surface area contributed by atoms with Gasteiger partial charge in [-0.05, 0) is 29.7 Å². The smallest absolute Gasteiger partial charge is 0.195 e. The van der Waals surface area contributed by atoms with E-state index < -0.39 is 0 Å². The summed E-state index contributed by atoms with van der Waals surface area (Å²) in [6.07, 6.45) is 1.88. The molecule has 0 aliphatic heterocycles. The second-order valence-electron chi connectivity index (χ2n) is 5.98. The van der Waals surface area contributed by atoms with E-state index >= 15 is 0 Å². The van der Waals surface area contributed by atoms with Crippen LogP contribution in [0, 0.1) is 0 Å². The molecule has 5 heteroatoms. The van der Waals surface area contributed by atoms with Crippen molar-refractivity contribution in [3.63, 3.8) is 0 Å². The van der Waals surface area contributed by atoms with E-state index in [-0.39, 0.29) is 0 Å². The van der Waals surface area contributed by atoms with Gasteiger partial charge in [0.2, 0.25) is 0 Å². The molecule has 0 atom stereocenters. The van der Waals surface area contributed by atoms with E-state index in [0.29, 0.717) is 11.4 Å². The molecule has 130 valence electrons. The summed E-state index contributed by atoms with van der Waals surface area (Å²) in [6, 6.07) is 16.1. The Hall–Kier alpha value is -2.92. The summed E-state index contributed by atoms with van der Waals surface area (Å²) in [4.78, 5) is 17.4. The predicted octanol–water partition coefficient (Wildman–Crippen LogP) is 5.11. The zero-order chi connectivity index (χ0) is 18.1. The van der Waals surface area contributed by atoms with Crippen LogP contribution in [0.15, 0.2) is 53.9 Å². The molecule has 4 rings (SSSR count). The Morgan fingerprint density at radius 1 is 1.15 bits per heavy atom. The third kappa shape index (κ3) is 2.70. The molecule has 0 spiro atoms. The van der Waals surface area contributed by atoms with Crippen LogP contribution >= 0.6 is 11.3 Å². The van der Waals surface area contributed by atoms with E-state index in [0.717, 1.165) is 40.2 Å². The number of benzene rings is 2. The van der Waals surface area contributed by atoms with Gasteiger partial charge in [-0.3, -0.25) is 9.20 Å². The maximum Gasteiger partial charge on any atom is 0.195 e. The van der Waals surface area contributed by atoms with Crippen molar-refractivity contribution in [2.45, 2.75) is 13.3 Å². The summed E-state index contributed by atoms with van der Waals surface area (Å²) in [5, 5.41) is 2.05. The number of aryl methyl sites for hydroxylation is 1. The normalized spacial score (nSPS) is 11.0. The highest BCUT2D eigenvalue weighted by molar-refractivity contribution is 7.15. The molecule has 0 aliphatic carbocycles. The van der Waals surface area contributed by atoms with Crippen molar-refractivity contribution in [1.29, 1.82) is 0 Å². The summed E-state index contributed by atoms with van der Waals surface area (Å²) in [5.74, 6) is 0.742. The van der Waals surface area contributed by atoms with Gasteiger partial charge in [0.25, 0.3) is 0 Å². The van der Waals surface area contributed by atoms with Gasteiger partial charge in [0.05, 0.1) is 12.8 Å². The fourth-order valence-electron chi connectivity index (χ4n) is 3.08. The Morgan fingerprint density at radius 2 is 1.96 bits per heavy atom. The number of hydrogen-bond acceptors (Lipinski definition) is 4. The molecular weight excluding hydrogens is 344 g/mol. The highest BCUT2D eigenvalue weighted by Crippen LogP contribution is 2.33. The van der Waals surface area contributed by atoms with Crippen LogP contribution in [0.5, 0.6) is 5.75 Å². The van der Waals surface area contributed by atoms with Crippen LogP contribution in [0.3, 0.4) is 0 Å². The predicted molar refractivity (Wildman–Crippen MR) is 105 cm³/mol. The fraction of sp³-hybridized carbons (Fsp3) is 0.143. The number of carbonyl (C=O) groups excluding carboxylic acids is 1. The Bertz CT molecular complexity index is 1080. The third-order valence-electron chi connectivity index (χ3n) is 4.51. The lowest BCUT2D eigenvalue weighted by Crippen LogP contribution is -1.94. The zero-order valence-electron chi connectivity index (χ0n) is 14.6. The van der Waals surface area contributed by atoms with Gasteiger partial charge in [-0.2, -0.15) is 0 Å². The minimum atomic E-state index is 0.559. The first-order chi connectivity index (χ1) is 12.7. The summed E-state index contributed by atoms with van der Waals surface area (Å²) in [7, 11) is 1.63. The van der Waals surface area contributed by atoms with Gasteiger partial charge in [0, 0.05) is 10.9 Å². The number of aldehydes is 1. The molecule has 26 heavy (non-hydrogen) atoms. The minimum Gasteiger partial charge on any atom is -0.497 e. The molecule has 0 radical (unpaired) electrons. The molecule has 0 aliphatic rings. The van der Waals surface area contributed by atoms with Crippen LogP contribution < -0.4 is 4.74 Å². The van der Waals surface area contributed by atoms with Crippen LogP contribution in [0.2, 0.25) is 0 Å². The lowest BCUT2D eigenvalue weighted by atomic mass is 10.1. The summed E-state index contributed by atoms with van der Waals surface area (Å²) in [6.45, 7) is 2.14. The van der Waals surface area contributed by atoms with Crippen LogP contribution in [0.25, 0.3) is 27.5 Å². The molecule has 0 saturated carbocycles. The van der Waals surface area contributed by atoms with Crippen LogP contribution in [-0.2, 0) is 6.42 Å². The molecule has 4 nitrogen and oxygen atoms in total. The molecule has 0 N–H and O–H groups in total. The number of fused-ring (bicyclic) bond motifs is 1. The minimum absolute atomic E-state index is 0.559. The molecular formula is C21H18N2O2S. The monoisotopic (exact) mass is 362 g/mol. The van der Waals surface area contributed by atoms with Gasteiger partial charge in [0.1, 0.15) is 17.1 Å². The van der Waals surface area contributed by atoms with Gasteiger partial charge in [-0.1, -0.05) is 43.3 Å². The molecule has 0 amide bonds. The van der Waals surface area contributed by atoms with Crippen molar-refractivity contribution in [1.82, 2.24) is 9.38 Å². The summed E-state index contributed by atoms with van der Waals surface area (Å²) >= 11 is 1.54. The van der Waals surface area contributed by atoms with Crippen molar-refractivity contribution < 1.29 is 9.53 Å². The second kappa shape index (κ2) is 6.77. The Balaban J connectivity index is 1.89. The molecule has 4 aromatic rings. The number of hydrogen-bond donors (Lipinski definition) is 0. The topological polar surface area (TPSA) is 43.6 Å². The molecule has 2 aromatic carbocycles. The molecule has 2 aromatic heterocycles. The van der Waals surface area contributed by atoms with Gasteiger partial charge in [0.15, 0.2) is 11.2 Å². The van der Waals surface area contributed by atoms with Crippen LogP contribution in [0.4, 0.5) is 0 Å². The quantitative estimate of drug-likeness (QED) is 0.463. The van der Waals surface area contributed by atoms with E-state index in [4.69, 9.17) is 9.72 Å². The Kier molecular flexibility index (Phi) is 4.31. The average Bonchev–Trinajstić information content (AvgIpc) is 3.27. The van der Waals surface area contributed by atoms with E-state index in [1.54, 1.807) is 7.11 Å². The standard InChI is InChI=1S/C21H18N2O2S/c1-3-14-7-9-15(10-8-14)19-13-26-21-22-20(18(12-24)23(19)21)16-5-4-6-17(11-16)25-2/h4-13H,3H2,1-2H3. The number of ether oxygens (including phenoxy) is 1. The number of methoxy groups -OCH3 is 1. The van der Waals surface area contributed by atoms with Crippen molar-refractivity contribution in [2.75, 3.05) is 7.11 Å². The number of rotatable bonds is 5. The maximum absolute atomic E-state index is 11.9. The van der Waals surface area contributed by atoms with Crippen LogP contribution in [0.1, 0.15) is 23.0 Å². The van der Waals surface area contributed by atoms with E-state index in [1.807, 2.05) is 34.0 Å². The van der Waals surface area contributed by atoms with Gasteiger partial charge in [-0.25, -0.2) is 4.98 Å². The molecule has 0 fully saturated rings. The average molecular weight is 362 g/mol. The van der Waals surface area contributed by atoms with Gasteiger partial charge < -0.3 is 4.74 Å². The summed E-state index contributed by atoms with van der Waals surface area (Å²) < 4.78 is 7.24. The number of nitrogens with zero attached hydrogens (tertiary/aromatic N) is 2. The van der Waals surface area contributed by atoms with Crippen molar-refractivity contribution in [2.24, 2.45) is 0 Å². The first-order valence-corrected chi connectivity index (χ1v) is 9.32. The number of thiazole rings is 1. The van der Waals surface area contributed by atoms with Crippen molar-refractivity contribution in [3.8, 4) is 28.3 Å². The van der Waals surface area contributed by atoms with E-state index in [9.17, 15) is 4.79 Å². The lowest BCUT2D eigenvalue weighted by molar-refractivity contribution is 0.111. The molecule has 0 bridgehead atoms. The Labute approximate surface area is 155 Å². The van der Waals surface area contributed by atoms with Crippen LogP contribution in [-0.4, -0.2) is 22.8 Å². The third-order valence-corrected chi connectivity index (χ3v) is 5.34. The second-order valence-corrected chi connectivity index (χ2v) is 6.82. The first kappa shape index (κ1) is 16.5. The highest BCUT2D eigenvalue weighted by atomic mass is 32.1. The Morgan fingerprint density at radius 3 is 2.65 bits per heavy atom. The van der Waals surface area contributed by atoms with Gasteiger partial charge in [-0.15, -0.1) is 11.3 Å². The largest absolute Gasteiger partial charge is 0.497 e. The van der Waals surface area contributed by atoms with Gasteiger partial charge >= 0.3 is 0 Å². The van der Waals surface area contributed by atoms with Crippen molar-refractivity contribution >= 4 is 22.6 Å². The SMILES string of the molecule is CCc1ccc(-c2csc3nc(-c4cccc(OC)c4)c(C=O)n23)cc1. The molecule has 0 unspecified atom stereocenters. The number of carbonyl (C=O) groups is 1. The summed E-state index contributed by atoms with van der Waals surface area (Å²) in [5.41, 5.74) is 5.46. The maximum atomic E-state index is 11.9.